The fourth-order valence-corrected chi connectivity index (χ4v) is 1.08. The number of carbonyl (C=O) groups excluding carboxylic acids is 2. The van der Waals surface area contributed by atoms with E-state index in [0.717, 1.165) is 6.20 Å². The van der Waals surface area contributed by atoms with Crippen LogP contribution in [0.2, 0.25) is 5.02 Å². The molecule has 1 aromatic heterocycles. The largest absolute Gasteiger partial charge is 0.503 e. The average molecular weight is 231 g/mol. The number of rotatable bonds is 2. The van der Waals surface area contributed by atoms with Gasteiger partial charge in [0, 0.05) is 7.05 Å². The molecule has 7 heteroatoms. The van der Waals surface area contributed by atoms with Crippen LogP contribution < -0.4 is 5.32 Å². The Labute approximate surface area is 89.5 Å². The molecule has 0 aromatic carbocycles. The van der Waals surface area contributed by atoms with Gasteiger partial charge in [0.25, 0.3) is 11.7 Å². The molecular formula is C8H7ClN2O4. The molecule has 1 aromatic rings. The summed E-state index contributed by atoms with van der Waals surface area (Å²) in [5.41, 5.74) is -0.411. The first-order valence-corrected chi connectivity index (χ1v) is 4.19. The smallest absolute Gasteiger partial charge is 0.293 e. The molecule has 80 valence electrons. The minimum absolute atomic E-state index is 0.411. The minimum atomic E-state index is -0.988. The number of pyridine rings is 1. The molecule has 0 aliphatic heterocycles. The molecule has 0 radical (unpaired) electrons. The summed E-state index contributed by atoms with van der Waals surface area (Å²) in [6, 6.07) is 0. The molecule has 0 aliphatic carbocycles. The Morgan fingerprint density at radius 1 is 1.47 bits per heavy atom. The molecule has 15 heavy (non-hydrogen) atoms. The molecule has 0 spiro atoms. The zero-order chi connectivity index (χ0) is 11.6. The molecule has 0 bridgehead atoms. The molecule has 0 saturated heterocycles. The predicted octanol–water partition coefficient (Wildman–Crippen LogP) is 0.0749. The van der Waals surface area contributed by atoms with Crippen LogP contribution in [0.25, 0.3) is 0 Å². The number of nitrogens with one attached hydrogen (secondary N) is 1. The van der Waals surface area contributed by atoms with E-state index in [9.17, 15) is 14.7 Å². The lowest BCUT2D eigenvalue weighted by Gasteiger charge is -2.04. The quantitative estimate of drug-likeness (QED) is 0.493. The zero-order valence-electron chi connectivity index (χ0n) is 7.61. The van der Waals surface area contributed by atoms with Gasteiger partial charge >= 0.3 is 0 Å². The van der Waals surface area contributed by atoms with Crippen molar-refractivity contribution in [1.82, 2.24) is 10.3 Å². The lowest BCUT2D eigenvalue weighted by molar-refractivity contribution is -0.116. The van der Waals surface area contributed by atoms with E-state index in [0.29, 0.717) is 0 Å². The van der Waals surface area contributed by atoms with Crippen molar-refractivity contribution in [3.05, 3.63) is 16.9 Å². The molecule has 0 fully saturated rings. The number of amides is 1. The van der Waals surface area contributed by atoms with E-state index in [4.69, 9.17) is 16.7 Å². The van der Waals surface area contributed by atoms with E-state index in [1.165, 1.54) is 7.05 Å². The maximum absolute atomic E-state index is 11.3. The number of aromatic nitrogens is 1. The Morgan fingerprint density at radius 3 is 2.60 bits per heavy atom. The van der Waals surface area contributed by atoms with Gasteiger partial charge < -0.3 is 15.5 Å². The Morgan fingerprint density at radius 2 is 2.07 bits per heavy atom. The van der Waals surface area contributed by atoms with Crippen molar-refractivity contribution in [3.63, 3.8) is 0 Å². The highest BCUT2D eigenvalue weighted by Crippen LogP contribution is 2.33. The van der Waals surface area contributed by atoms with Crippen LogP contribution in [0.4, 0.5) is 0 Å². The predicted molar refractivity (Wildman–Crippen MR) is 51.0 cm³/mol. The summed E-state index contributed by atoms with van der Waals surface area (Å²) in [4.78, 5) is 25.7. The van der Waals surface area contributed by atoms with Gasteiger partial charge in [0.15, 0.2) is 11.5 Å². The molecule has 0 unspecified atom stereocenters. The van der Waals surface area contributed by atoms with Crippen LogP contribution in [0, 0.1) is 0 Å². The second-order valence-corrected chi connectivity index (χ2v) is 2.94. The molecular weight excluding hydrogens is 224 g/mol. The Bertz CT molecular complexity index is 433. The molecule has 6 nitrogen and oxygen atoms in total. The van der Waals surface area contributed by atoms with E-state index in [1.807, 2.05) is 0 Å². The fourth-order valence-electron chi connectivity index (χ4n) is 0.847. The van der Waals surface area contributed by atoms with Gasteiger partial charge in [-0.1, -0.05) is 11.6 Å². The van der Waals surface area contributed by atoms with E-state index in [-0.39, 0.29) is 0 Å². The average Bonchev–Trinajstić information content (AvgIpc) is 2.24. The molecule has 3 N–H and O–H groups in total. The Balaban J connectivity index is 3.22. The summed E-state index contributed by atoms with van der Waals surface area (Å²) >= 11 is 5.52. The highest BCUT2D eigenvalue weighted by Gasteiger charge is 2.22. The van der Waals surface area contributed by atoms with Crippen LogP contribution in [0.3, 0.4) is 0 Å². The number of hydrogen-bond acceptors (Lipinski definition) is 5. The second-order valence-electron chi connectivity index (χ2n) is 2.56. The summed E-state index contributed by atoms with van der Waals surface area (Å²) in [6.07, 6.45) is 0.831. The fraction of sp³-hybridized carbons (Fsp3) is 0.125. The van der Waals surface area contributed by atoms with Gasteiger partial charge in [-0.15, -0.1) is 0 Å². The number of likely N-dealkylation sites (N-methyl/N-ethyl adjacent to an activating group) is 1. The topological polar surface area (TPSA) is 99.5 Å². The third-order valence-corrected chi connectivity index (χ3v) is 1.98. The summed E-state index contributed by atoms with van der Waals surface area (Å²) in [5.74, 6) is -3.14. The molecule has 0 saturated carbocycles. The third-order valence-electron chi connectivity index (χ3n) is 1.62. The van der Waals surface area contributed by atoms with Crippen molar-refractivity contribution in [2.24, 2.45) is 0 Å². The summed E-state index contributed by atoms with van der Waals surface area (Å²) < 4.78 is 0. The SMILES string of the molecule is CNC(=O)C(=O)c1ncc(O)c(O)c1Cl. The normalized spacial score (nSPS) is 9.73. The first-order chi connectivity index (χ1) is 6.99. The van der Waals surface area contributed by atoms with E-state index in [2.05, 4.69) is 10.3 Å². The molecule has 1 rings (SSSR count). The summed E-state index contributed by atoms with van der Waals surface area (Å²) in [6.45, 7) is 0. The number of halogens is 1. The van der Waals surface area contributed by atoms with Crippen molar-refractivity contribution in [3.8, 4) is 11.5 Å². The van der Waals surface area contributed by atoms with Crippen LogP contribution in [-0.4, -0.2) is 33.9 Å². The van der Waals surface area contributed by atoms with E-state index in [1.54, 1.807) is 0 Å². The lowest BCUT2D eigenvalue weighted by atomic mass is 10.2. The number of Topliss-reactive ketones (excluding diaryl/α,β-unsaturated/α-hetero) is 1. The van der Waals surface area contributed by atoms with Gasteiger partial charge in [-0.25, -0.2) is 4.98 Å². The van der Waals surface area contributed by atoms with Crippen molar-refractivity contribution in [1.29, 1.82) is 0 Å². The number of carbonyl (C=O) groups is 2. The lowest BCUT2D eigenvalue weighted by Crippen LogP contribution is -2.28. The van der Waals surface area contributed by atoms with Crippen LogP contribution in [-0.2, 0) is 4.79 Å². The van der Waals surface area contributed by atoms with Crippen molar-refractivity contribution in [2.45, 2.75) is 0 Å². The highest BCUT2D eigenvalue weighted by molar-refractivity contribution is 6.46. The van der Waals surface area contributed by atoms with Crippen LogP contribution in [0.1, 0.15) is 10.5 Å². The van der Waals surface area contributed by atoms with Gasteiger partial charge in [-0.2, -0.15) is 0 Å². The van der Waals surface area contributed by atoms with Gasteiger partial charge in [0.05, 0.1) is 6.20 Å². The molecule has 1 amide bonds. The highest BCUT2D eigenvalue weighted by atomic mass is 35.5. The van der Waals surface area contributed by atoms with E-state index < -0.39 is 33.9 Å². The summed E-state index contributed by atoms with van der Waals surface area (Å²) in [7, 11) is 1.27. The van der Waals surface area contributed by atoms with Crippen molar-refractivity contribution in [2.75, 3.05) is 7.05 Å². The minimum Gasteiger partial charge on any atom is -0.503 e. The maximum Gasteiger partial charge on any atom is 0.293 e. The monoisotopic (exact) mass is 230 g/mol. The zero-order valence-corrected chi connectivity index (χ0v) is 8.37. The number of ketones is 1. The number of nitrogens with zero attached hydrogens (tertiary/aromatic N) is 1. The maximum atomic E-state index is 11.3. The van der Waals surface area contributed by atoms with Gasteiger partial charge in [-0.3, -0.25) is 9.59 Å². The molecule has 1 heterocycles. The van der Waals surface area contributed by atoms with Gasteiger partial charge in [0.1, 0.15) is 10.7 Å². The number of hydrogen-bond donors (Lipinski definition) is 3. The Kier molecular flexibility index (Phi) is 3.11. The summed E-state index contributed by atoms with van der Waals surface area (Å²) in [5, 5.41) is 19.8. The number of aromatic hydroxyl groups is 2. The van der Waals surface area contributed by atoms with Gasteiger partial charge in [0.2, 0.25) is 0 Å². The van der Waals surface area contributed by atoms with Crippen LogP contribution >= 0.6 is 11.6 Å². The standard InChI is InChI=1S/C8H7ClN2O4/c1-10-8(15)7(14)5-4(9)6(13)3(12)2-11-5/h2,12H,1H3,(H,10,15)(H,11,13). The Hall–Kier alpha value is -1.82. The van der Waals surface area contributed by atoms with Crippen LogP contribution in [0.15, 0.2) is 6.20 Å². The van der Waals surface area contributed by atoms with Crippen molar-refractivity contribution < 1.29 is 19.8 Å². The van der Waals surface area contributed by atoms with Crippen molar-refractivity contribution >= 4 is 23.3 Å². The van der Waals surface area contributed by atoms with Gasteiger partial charge in [-0.05, 0) is 0 Å². The van der Waals surface area contributed by atoms with E-state index >= 15 is 0 Å². The third kappa shape index (κ3) is 1.99. The molecule has 0 aliphatic rings. The molecule has 0 atom stereocenters. The first-order valence-electron chi connectivity index (χ1n) is 3.81. The van der Waals surface area contributed by atoms with Crippen LogP contribution in [0.5, 0.6) is 11.5 Å². The first kappa shape index (κ1) is 11.3. The second kappa shape index (κ2) is 4.14.